The van der Waals surface area contributed by atoms with Crippen molar-refractivity contribution in [2.24, 2.45) is 4.99 Å². The Morgan fingerprint density at radius 3 is 2.40 bits per heavy atom. The van der Waals surface area contributed by atoms with E-state index >= 15 is 0 Å². The topological polar surface area (TPSA) is 49.0 Å². The summed E-state index contributed by atoms with van der Waals surface area (Å²) >= 11 is 1.55. The number of hydrogen-bond acceptors (Lipinski definition) is 5. The summed E-state index contributed by atoms with van der Waals surface area (Å²) in [4.78, 5) is 23.5. The first-order valence-corrected chi connectivity index (χ1v) is 12.7. The second-order valence-electron chi connectivity index (χ2n) is 8.63. The highest BCUT2D eigenvalue weighted by Gasteiger charge is 2.39. The average Bonchev–Trinajstić information content (AvgIpc) is 3.35. The number of furan rings is 1. The normalized spacial score (nSPS) is 24.3. The van der Waals surface area contributed by atoms with Crippen LogP contribution in [0.4, 0.5) is 5.88 Å². The molecule has 5 nitrogen and oxygen atoms in total. The molecule has 1 aromatic heterocycles. The average molecular weight is 430 g/mol. The van der Waals surface area contributed by atoms with Gasteiger partial charge in [0.15, 0.2) is 11.1 Å². The summed E-state index contributed by atoms with van der Waals surface area (Å²) in [5.74, 6) is 1.72. The summed E-state index contributed by atoms with van der Waals surface area (Å²) < 4.78 is 6.03. The minimum atomic E-state index is 0.113. The second kappa shape index (κ2) is 10.1. The van der Waals surface area contributed by atoms with Gasteiger partial charge < -0.3 is 9.32 Å². The summed E-state index contributed by atoms with van der Waals surface area (Å²) in [6, 6.07) is 4.64. The summed E-state index contributed by atoms with van der Waals surface area (Å²) in [6.07, 6.45) is 13.9. The summed E-state index contributed by atoms with van der Waals surface area (Å²) in [5, 5.41) is 0.931. The van der Waals surface area contributed by atoms with Gasteiger partial charge in [-0.15, -0.1) is 0 Å². The van der Waals surface area contributed by atoms with Gasteiger partial charge in [-0.25, -0.2) is 0 Å². The van der Waals surface area contributed by atoms with Crippen LogP contribution in [-0.2, 0) is 4.79 Å². The molecule has 1 aliphatic heterocycles. The lowest BCUT2D eigenvalue weighted by molar-refractivity contribution is -0.124. The molecule has 1 saturated heterocycles. The Bertz CT molecular complexity index is 784. The molecule has 0 spiro atoms. The molecule has 2 saturated carbocycles. The van der Waals surface area contributed by atoms with Gasteiger partial charge in [-0.2, -0.15) is 0 Å². The minimum absolute atomic E-state index is 0.113. The maximum atomic E-state index is 13.4. The van der Waals surface area contributed by atoms with Gasteiger partial charge in [0.05, 0.1) is 10.9 Å². The Kier molecular flexibility index (Phi) is 7.24. The van der Waals surface area contributed by atoms with Crippen LogP contribution in [0.3, 0.4) is 0 Å². The lowest BCUT2D eigenvalue weighted by atomic mass is 9.94. The molecule has 164 valence electrons. The Morgan fingerprint density at radius 1 is 1.07 bits per heavy atom. The Labute approximate surface area is 185 Å². The van der Waals surface area contributed by atoms with Gasteiger partial charge in [-0.1, -0.05) is 38.5 Å². The third kappa shape index (κ3) is 4.79. The van der Waals surface area contributed by atoms with Crippen molar-refractivity contribution >= 4 is 34.8 Å². The van der Waals surface area contributed by atoms with E-state index in [2.05, 4.69) is 18.7 Å². The van der Waals surface area contributed by atoms with Crippen LogP contribution in [0.25, 0.3) is 6.08 Å². The fraction of sp³-hybridized carbons (Fsp3) is 0.667. The summed E-state index contributed by atoms with van der Waals surface area (Å²) in [6.45, 7) is 6.05. The quantitative estimate of drug-likeness (QED) is 0.516. The lowest BCUT2D eigenvalue weighted by Crippen LogP contribution is -2.41. The Balaban J connectivity index is 1.58. The molecule has 0 aromatic carbocycles. The zero-order valence-corrected chi connectivity index (χ0v) is 19.3. The zero-order chi connectivity index (χ0) is 20.9. The highest BCUT2D eigenvalue weighted by molar-refractivity contribution is 8.18. The van der Waals surface area contributed by atoms with E-state index in [0.717, 1.165) is 60.5 Å². The van der Waals surface area contributed by atoms with Gasteiger partial charge in [0.1, 0.15) is 5.76 Å². The number of rotatable bonds is 6. The standard InChI is InChI=1S/C24H35N3O2S/c1-3-26(4-2)22-16-15-20(29-22)17-21-23(28)27(19-13-9-6-10-14-19)24(30-21)25-18-11-7-5-8-12-18/h15-19H,3-14H2,1-2H3/b21-17-,25-24?. The predicted molar refractivity (Wildman–Crippen MR) is 126 cm³/mol. The number of carbonyl (C=O) groups excluding carboxylic acids is 1. The molecule has 0 unspecified atom stereocenters. The molecule has 6 heteroatoms. The molecule has 4 rings (SSSR count). The number of thioether (sulfide) groups is 1. The third-order valence-corrected chi connectivity index (χ3v) is 7.60. The van der Waals surface area contributed by atoms with E-state index in [1.807, 2.05) is 23.1 Å². The van der Waals surface area contributed by atoms with Crippen LogP contribution < -0.4 is 4.90 Å². The molecular weight excluding hydrogens is 394 g/mol. The molecule has 30 heavy (non-hydrogen) atoms. The van der Waals surface area contributed by atoms with E-state index in [9.17, 15) is 4.79 Å². The van der Waals surface area contributed by atoms with Crippen molar-refractivity contribution in [1.82, 2.24) is 4.90 Å². The van der Waals surface area contributed by atoms with Gasteiger partial charge in [0.25, 0.3) is 5.91 Å². The van der Waals surface area contributed by atoms with Crippen molar-refractivity contribution in [3.63, 3.8) is 0 Å². The second-order valence-corrected chi connectivity index (χ2v) is 9.64. The molecule has 3 aliphatic rings. The molecule has 3 fully saturated rings. The first kappa shape index (κ1) is 21.5. The number of carbonyl (C=O) groups is 1. The van der Waals surface area contributed by atoms with E-state index in [1.165, 1.54) is 38.5 Å². The molecule has 1 amide bonds. The van der Waals surface area contributed by atoms with Crippen molar-refractivity contribution < 1.29 is 9.21 Å². The van der Waals surface area contributed by atoms with Crippen LogP contribution in [-0.4, -0.2) is 41.1 Å². The molecule has 0 radical (unpaired) electrons. The number of amidine groups is 1. The van der Waals surface area contributed by atoms with Crippen LogP contribution >= 0.6 is 11.8 Å². The van der Waals surface area contributed by atoms with Crippen molar-refractivity contribution in [2.45, 2.75) is 90.1 Å². The fourth-order valence-electron chi connectivity index (χ4n) is 4.86. The minimum Gasteiger partial charge on any atom is -0.441 e. The summed E-state index contributed by atoms with van der Waals surface area (Å²) in [5.41, 5.74) is 0. The van der Waals surface area contributed by atoms with E-state index in [0.29, 0.717) is 12.1 Å². The zero-order valence-electron chi connectivity index (χ0n) is 18.4. The van der Waals surface area contributed by atoms with Gasteiger partial charge in [-0.3, -0.25) is 14.7 Å². The molecule has 0 bridgehead atoms. The SMILES string of the molecule is CCN(CC)c1ccc(/C=C2\SC(=NC3CCCCC3)N(C3CCCCC3)C2=O)o1. The third-order valence-electron chi connectivity index (χ3n) is 6.61. The first-order valence-electron chi connectivity index (χ1n) is 11.8. The first-order chi connectivity index (χ1) is 14.7. The predicted octanol–water partition coefficient (Wildman–Crippen LogP) is 6.06. The lowest BCUT2D eigenvalue weighted by Gasteiger charge is -2.31. The van der Waals surface area contributed by atoms with Crippen molar-refractivity contribution in [3.05, 3.63) is 22.8 Å². The van der Waals surface area contributed by atoms with E-state index in [1.54, 1.807) is 11.8 Å². The molecule has 0 atom stereocenters. The Morgan fingerprint density at radius 2 is 1.73 bits per heavy atom. The maximum Gasteiger partial charge on any atom is 0.267 e. The van der Waals surface area contributed by atoms with E-state index < -0.39 is 0 Å². The fourth-order valence-corrected chi connectivity index (χ4v) is 5.95. The molecule has 0 N–H and O–H groups in total. The molecule has 2 heterocycles. The van der Waals surface area contributed by atoms with E-state index in [-0.39, 0.29) is 5.91 Å². The van der Waals surface area contributed by atoms with Crippen molar-refractivity contribution in [1.29, 1.82) is 0 Å². The molecule has 2 aliphatic carbocycles. The van der Waals surface area contributed by atoms with Gasteiger partial charge >= 0.3 is 0 Å². The van der Waals surface area contributed by atoms with Crippen molar-refractivity contribution in [2.75, 3.05) is 18.0 Å². The highest BCUT2D eigenvalue weighted by Crippen LogP contribution is 2.38. The van der Waals surface area contributed by atoms with Gasteiger partial charge in [-0.05, 0) is 57.4 Å². The summed E-state index contributed by atoms with van der Waals surface area (Å²) in [7, 11) is 0. The largest absolute Gasteiger partial charge is 0.441 e. The van der Waals surface area contributed by atoms with E-state index in [4.69, 9.17) is 9.41 Å². The van der Waals surface area contributed by atoms with Crippen molar-refractivity contribution in [3.8, 4) is 0 Å². The number of nitrogens with zero attached hydrogens (tertiary/aromatic N) is 3. The molecular formula is C24H35N3O2S. The monoisotopic (exact) mass is 429 g/mol. The highest BCUT2D eigenvalue weighted by atomic mass is 32.2. The number of aliphatic imine (C=N–C) groups is 1. The molecule has 1 aromatic rings. The smallest absolute Gasteiger partial charge is 0.267 e. The maximum absolute atomic E-state index is 13.4. The number of hydrogen-bond donors (Lipinski definition) is 0. The van der Waals surface area contributed by atoms with Crippen LogP contribution in [0, 0.1) is 0 Å². The van der Waals surface area contributed by atoms with Crippen LogP contribution in [0.1, 0.15) is 83.8 Å². The van der Waals surface area contributed by atoms with Crippen LogP contribution in [0.15, 0.2) is 26.4 Å². The number of amides is 1. The van der Waals surface area contributed by atoms with Gasteiger partial charge in [0.2, 0.25) is 0 Å². The number of anilines is 1. The van der Waals surface area contributed by atoms with Gasteiger partial charge in [0, 0.05) is 31.3 Å². The Hall–Kier alpha value is -1.69. The van der Waals surface area contributed by atoms with Crippen LogP contribution in [0.2, 0.25) is 0 Å². The van der Waals surface area contributed by atoms with Crippen LogP contribution in [0.5, 0.6) is 0 Å².